The van der Waals surface area contributed by atoms with Crippen LogP contribution in [0, 0.1) is 0 Å². The monoisotopic (exact) mass is 169 g/mol. The molecule has 1 fully saturated rings. The Kier molecular flexibility index (Phi) is 1.87. The molecule has 1 heterocycles. The summed E-state index contributed by atoms with van der Waals surface area (Å²) in [7, 11) is 0. The summed E-state index contributed by atoms with van der Waals surface area (Å²) in [4.78, 5) is 4.18. The second-order valence-corrected chi connectivity index (χ2v) is 3.59. The van der Waals surface area contributed by atoms with Crippen LogP contribution < -0.4 is 5.73 Å². The van der Waals surface area contributed by atoms with Crippen LogP contribution in [0.2, 0.25) is 0 Å². The Morgan fingerprint density at radius 1 is 1.55 bits per heavy atom. The molecule has 0 bridgehead atoms. The van der Waals surface area contributed by atoms with Crippen LogP contribution in [-0.2, 0) is 0 Å². The molecule has 2 atom stereocenters. The first kappa shape index (κ1) is 7.18. The number of hydrogen-bond acceptors (Lipinski definition) is 4. The average Bonchev–Trinajstić information content (AvgIpc) is 2.55. The first-order valence-corrected chi connectivity index (χ1v) is 4.73. The van der Waals surface area contributed by atoms with E-state index >= 15 is 0 Å². The lowest BCUT2D eigenvalue weighted by Crippen LogP contribution is -2.23. The van der Waals surface area contributed by atoms with Gasteiger partial charge in [0.1, 0.15) is 11.3 Å². The highest BCUT2D eigenvalue weighted by atomic mass is 32.1. The summed E-state index contributed by atoms with van der Waals surface area (Å²) in [6.07, 6.45) is 3.52. The summed E-state index contributed by atoms with van der Waals surface area (Å²) < 4.78 is 4.20. The van der Waals surface area contributed by atoms with Gasteiger partial charge in [0.2, 0.25) is 0 Å². The molecule has 4 heteroatoms. The SMILES string of the molecule is NC1CCCC1c1ncsn1. The zero-order valence-corrected chi connectivity index (χ0v) is 7.05. The van der Waals surface area contributed by atoms with E-state index in [-0.39, 0.29) is 0 Å². The molecule has 1 aromatic heterocycles. The molecule has 0 aromatic carbocycles. The lowest BCUT2D eigenvalue weighted by Gasteiger charge is -2.09. The molecule has 2 N–H and O–H groups in total. The quantitative estimate of drug-likeness (QED) is 0.685. The van der Waals surface area contributed by atoms with Crippen LogP contribution in [0.4, 0.5) is 0 Å². The number of hydrogen-bond donors (Lipinski definition) is 1. The molecule has 1 aliphatic carbocycles. The summed E-state index contributed by atoms with van der Waals surface area (Å²) >= 11 is 1.41. The van der Waals surface area contributed by atoms with Crippen LogP contribution in [0.1, 0.15) is 31.0 Å². The molecule has 2 unspecified atom stereocenters. The molecule has 0 spiro atoms. The third kappa shape index (κ3) is 1.28. The third-order valence-electron chi connectivity index (χ3n) is 2.28. The van der Waals surface area contributed by atoms with E-state index < -0.39 is 0 Å². The van der Waals surface area contributed by atoms with Crippen molar-refractivity contribution in [3.05, 3.63) is 11.3 Å². The Balaban J connectivity index is 2.16. The number of nitrogens with two attached hydrogens (primary N) is 1. The Morgan fingerprint density at radius 3 is 3.00 bits per heavy atom. The molecule has 3 nitrogen and oxygen atoms in total. The average molecular weight is 169 g/mol. The van der Waals surface area contributed by atoms with E-state index in [0.717, 1.165) is 18.7 Å². The highest BCUT2D eigenvalue weighted by Crippen LogP contribution is 2.31. The molecule has 2 rings (SSSR count). The topological polar surface area (TPSA) is 51.8 Å². The van der Waals surface area contributed by atoms with E-state index in [1.807, 2.05) is 0 Å². The Hall–Kier alpha value is -0.480. The van der Waals surface area contributed by atoms with E-state index in [1.54, 1.807) is 5.51 Å². The molecule has 0 radical (unpaired) electrons. The number of aromatic nitrogens is 2. The molecular weight excluding hydrogens is 158 g/mol. The van der Waals surface area contributed by atoms with E-state index in [2.05, 4.69) is 9.36 Å². The van der Waals surface area contributed by atoms with Gasteiger partial charge in [-0.15, -0.1) is 0 Å². The van der Waals surface area contributed by atoms with Crippen LogP contribution in [0.15, 0.2) is 5.51 Å². The molecule has 60 valence electrons. The van der Waals surface area contributed by atoms with Crippen molar-refractivity contribution >= 4 is 11.5 Å². The number of nitrogens with zero attached hydrogens (tertiary/aromatic N) is 2. The fourth-order valence-corrected chi connectivity index (χ4v) is 2.14. The molecule has 11 heavy (non-hydrogen) atoms. The van der Waals surface area contributed by atoms with Crippen molar-refractivity contribution in [3.63, 3.8) is 0 Å². The Morgan fingerprint density at radius 2 is 2.45 bits per heavy atom. The summed E-state index contributed by atoms with van der Waals surface area (Å²) in [5.41, 5.74) is 7.67. The third-order valence-corrected chi connectivity index (χ3v) is 2.77. The van der Waals surface area contributed by atoms with Gasteiger partial charge in [-0.2, -0.15) is 4.37 Å². The Bertz CT molecular complexity index is 222. The van der Waals surface area contributed by atoms with Crippen LogP contribution in [0.3, 0.4) is 0 Å². The minimum atomic E-state index is 0.296. The van der Waals surface area contributed by atoms with Gasteiger partial charge < -0.3 is 5.73 Å². The summed E-state index contributed by atoms with van der Waals surface area (Å²) in [5, 5.41) is 0. The maximum Gasteiger partial charge on any atom is 0.146 e. The van der Waals surface area contributed by atoms with E-state index in [1.165, 1.54) is 18.0 Å². The lowest BCUT2D eigenvalue weighted by molar-refractivity contribution is 0.588. The van der Waals surface area contributed by atoms with Crippen LogP contribution in [0.5, 0.6) is 0 Å². The van der Waals surface area contributed by atoms with Gasteiger partial charge in [0, 0.05) is 12.0 Å². The molecule has 1 aliphatic rings. The highest BCUT2D eigenvalue weighted by Gasteiger charge is 2.27. The van der Waals surface area contributed by atoms with Gasteiger partial charge in [-0.3, -0.25) is 0 Å². The molecule has 0 saturated heterocycles. The second-order valence-electron chi connectivity index (χ2n) is 2.99. The predicted molar refractivity (Wildman–Crippen MR) is 44.5 cm³/mol. The predicted octanol–water partition coefficient (Wildman–Crippen LogP) is 1.13. The van der Waals surface area contributed by atoms with Gasteiger partial charge >= 0.3 is 0 Å². The molecular formula is C7H11N3S. The summed E-state index contributed by atoms with van der Waals surface area (Å²) in [6.45, 7) is 0. The van der Waals surface area contributed by atoms with Crippen molar-refractivity contribution in [1.29, 1.82) is 0 Å². The number of rotatable bonds is 1. The van der Waals surface area contributed by atoms with Gasteiger partial charge in [0.05, 0.1) is 0 Å². The first-order valence-electron chi connectivity index (χ1n) is 3.90. The lowest BCUT2D eigenvalue weighted by atomic mass is 10.0. The van der Waals surface area contributed by atoms with E-state index in [4.69, 9.17) is 5.73 Å². The van der Waals surface area contributed by atoms with E-state index in [0.29, 0.717) is 12.0 Å². The van der Waals surface area contributed by atoms with E-state index in [9.17, 15) is 0 Å². The van der Waals surface area contributed by atoms with Crippen LogP contribution in [-0.4, -0.2) is 15.4 Å². The molecule has 1 saturated carbocycles. The zero-order valence-electron chi connectivity index (χ0n) is 6.23. The smallest absolute Gasteiger partial charge is 0.146 e. The van der Waals surface area contributed by atoms with Crippen molar-refractivity contribution in [2.45, 2.75) is 31.2 Å². The normalized spacial score (nSPS) is 31.0. The highest BCUT2D eigenvalue weighted by molar-refractivity contribution is 7.03. The van der Waals surface area contributed by atoms with Crippen molar-refractivity contribution in [1.82, 2.24) is 9.36 Å². The molecule has 1 aromatic rings. The van der Waals surface area contributed by atoms with Crippen LogP contribution >= 0.6 is 11.5 Å². The van der Waals surface area contributed by atoms with Gasteiger partial charge in [-0.25, -0.2) is 4.98 Å². The van der Waals surface area contributed by atoms with Crippen molar-refractivity contribution in [2.75, 3.05) is 0 Å². The summed E-state index contributed by atoms with van der Waals surface area (Å²) in [5.74, 6) is 1.39. The minimum Gasteiger partial charge on any atom is -0.327 e. The van der Waals surface area contributed by atoms with Crippen molar-refractivity contribution in [3.8, 4) is 0 Å². The maximum absolute atomic E-state index is 5.89. The van der Waals surface area contributed by atoms with Crippen molar-refractivity contribution in [2.24, 2.45) is 5.73 Å². The van der Waals surface area contributed by atoms with Gasteiger partial charge in [0.25, 0.3) is 0 Å². The minimum absolute atomic E-state index is 0.296. The zero-order chi connectivity index (χ0) is 7.68. The molecule has 0 amide bonds. The van der Waals surface area contributed by atoms with Gasteiger partial charge in [0.15, 0.2) is 0 Å². The fraction of sp³-hybridized carbons (Fsp3) is 0.714. The first-order chi connectivity index (χ1) is 5.38. The Labute approximate surface area is 69.8 Å². The van der Waals surface area contributed by atoms with Crippen LogP contribution in [0.25, 0.3) is 0 Å². The van der Waals surface area contributed by atoms with Crippen molar-refractivity contribution < 1.29 is 0 Å². The standard InChI is InChI=1S/C7H11N3S/c8-6-3-1-2-5(6)7-9-4-11-10-7/h4-6H,1-3,8H2. The summed E-state index contributed by atoms with van der Waals surface area (Å²) in [6, 6.07) is 0.296. The largest absolute Gasteiger partial charge is 0.327 e. The fourth-order valence-electron chi connectivity index (χ4n) is 1.65. The maximum atomic E-state index is 5.89. The van der Waals surface area contributed by atoms with Gasteiger partial charge in [-0.05, 0) is 24.4 Å². The molecule has 0 aliphatic heterocycles. The second kappa shape index (κ2) is 2.87. The van der Waals surface area contributed by atoms with Gasteiger partial charge in [-0.1, -0.05) is 6.42 Å².